The number of benzene rings is 1. The van der Waals surface area contributed by atoms with Crippen molar-refractivity contribution >= 4 is 33.4 Å². The minimum atomic E-state index is -0.0151. The molecule has 0 unspecified atom stereocenters. The van der Waals surface area contributed by atoms with Gasteiger partial charge in [-0.15, -0.1) is 11.3 Å². The molecule has 1 heterocycles. The number of thiophene rings is 1. The molecule has 0 saturated carbocycles. The number of hydrogen-bond donors (Lipinski definition) is 1. The molecule has 1 aromatic heterocycles. The molecule has 0 aliphatic carbocycles. The molecule has 0 fully saturated rings. The SMILES string of the molecule is CCCCNC(=O)C=Cc1csc2ccccc12. The lowest BCUT2D eigenvalue weighted by Gasteiger charge is -1.98. The fourth-order valence-corrected chi connectivity index (χ4v) is 2.67. The Balaban J connectivity index is 2.02. The van der Waals surface area contributed by atoms with E-state index in [9.17, 15) is 4.79 Å². The van der Waals surface area contributed by atoms with Crippen molar-refractivity contribution in [3.63, 3.8) is 0 Å². The monoisotopic (exact) mass is 259 g/mol. The van der Waals surface area contributed by atoms with Crippen molar-refractivity contribution in [2.45, 2.75) is 19.8 Å². The summed E-state index contributed by atoms with van der Waals surface area (Å²) in [6, 6.07) is 8.23. The van der Waals surface area contributed by atoms with Gasteiger partial charge in [-0.2, -0.15) is 0 Å². The average Bonchev–Trinajstić information content (AvgIpc) is 2.80. The molecular weight excluding hydrogens is 242 g/mol. The van der Waals surface area contributed by atoms with Crippen LogP contribution in [0.5, 0.6) is 0 Å². The van der Waals surface area contributed by atoms with Crippen LogP contribution >= 0.6 is 11.3 Å². The molecule has 1 aromatic carbocycles. The van der Waals surface area contributed by atoms with Gasteiger partial charge < -0.3 is 5.32 Å². The second-order valence-electron chi connectivity index (χ2n) is 4.17. The quantitative estimate of drug-likeness (QED) is 0.641. The van der Waals surface area contributed by atoms with E-state index < -0.39 is 0 Å². The first-order valence-corrected chi connectivity index (χ1v) is 7.11. The maximum atomic E-state index is 11.6. The van der Waals surface area contributed by atoms with Crippen LogP contribution in [0.1, 0.15) is 25.3 Å². The molecule has 18 heavy (non-hydrogen) atoms. The summed E-state index contributed by atoms with van der Waals surface area (Å²) in [6.45, 7) is 2.86. The number of nitrogens with one attached hydrogen (secondary N) is 1. The molecule has 1 N–H and O–H groups in total. The molecule has 2 rings (SSSR count). The Kier molecular flexibility index (Phi) is 4.53. The first kappa shape index (κ1) is 12.8. The van der Waals surface area contributed by atoms with Crippen LogP contribution in [0.4, 0.5) is 0 Å². The zero-order valence-electron chi connectivity index (χ0n) is 10.5. The van der Waals surface area contributed by atoms with Crippen LogP contribution in [-0.4, -0.2) is 12.5 Å². The van der Waals surface area contributed by atoms with Gasteiger partial charge in [0, 0.05) is 17.3 Å². The van der Waals surface area contributed by atoms with Crippen molar-refractivity contribution in [2.75, 3.05) is 6.54 Å². The minimum Gasteiger partial charge on any atom is -0.353 e. The molecule has 0 spiro atoms. The van der Waals surface area contributed by atoms with E-state index in [4.69, 9.17) is 0 Å². The van der Waals surface area contributed by atoms with Gasteiger partial charge in [0.25, 0.3) is 0 Å². The number of amides is 1. The molecular formula is C15H17NOS. The van der Waals surface area contributed by atoms with Crippen molar-refractivity contribution in [2.24, 2.45) is 0 Å². The third-order valence-electron chi connectivity index (χ3n) is 2.75. The van der Waals surface area contributed by atoms with Gasteiger partial charge in [0.15, 0.2) is 0 Å². The summed E-state index contributed by atoms with van der Waals surface area (Å²) in [4.78, 5) is 11.6. The first-order chi connectivity index (χ1) is 8.81. The highest BCUT2D eigenvalue weighted by Gasteiger charge is 2.00. The number of unbranched alkanes of at least 4 members (excludes halogenated alkanes) is 1. The predicted octanol–water partition coefficient (Wildman–Crippen LogP) is 3.83. The highest BCUT2D eigenvalue weighted by atomic mass is 32.1. The van der Waals surface area contributed by atoms with Gasteiger partial charge in [-0.3, -0.25) is 4.79 Å². The van der Waals surface area contributed by atoms with E-state index in [1.54, 1.807) is 17.4 Å². The molecule has 0 bridgehead atoms. The number of carbonyl (C=O) groups is 1. The molecule has 0 atom stereocenters. The summed E-state index contributed by atoms with van der Waals surface area (Å²) in [6.07, 6.45) is 5.63. The Morgan fingerprint density at radius 1 is 1.39 bits per heavy atom. The van der Waals surface area contributed by atoms with E-state index in [0.717, 1.165) is 24.9 Å². The molecule has 0 aliphatic heterocycles. The Hall–Kier alpha value is -1.61. The van der Waals surface area contributed by atoms with Gasteiger partial charge in [0.05, 0.1) is 0 Å². The third kappa shape index (κ3) is 3.20. The largest absolute Gasteiger partial charge is 0.353 e. The van der Waals surface area contributed by atoms with Gasteiger partial charge in [-0.05, 0) is 34.9 Å². The van der Waals surface area contributed by atoms with Crippen LogP contribution in [-0.2, 0) is 4.79 Å². The van der Waals surface area contributed by atoms with E-state index in [0.29, 0.717) is 0 Å². The topological polar surface area (TPSA) is 29.1 Å². The van der Waals surface area contributed by atoms with E-state index >= 15 is 0 Å². The highest BCUT2D eigenvalue weighted by molar-refractivity contribution is 7.17. The summed E-state index contributed by atoms with van der Waals surface area (Å²) in [5, 5.41) is 6.16. The van der Waals surface area contributed by atoms with Crippen LogP contribution < -0.4 is 5.32 Å². The molecule has 0 saturated heterocycles. The van der Waals surface area contributed by atoms with E-state index in [1.165, 1.54) is 10.1 Å². The second-order valence-corrected chi connectivity index (χ2v) is 5.08. The second kappa shape index (κ2) is 6.36. The van der Waals surface area contributed by atoms with Crippen LogP contribution in [0.2, 0.25) is 0 Å². The van der Waals surface area contributed by atoms with Gasteiger partial charge in [0.1, 0.15) is 0 Å². The Morgan fingerprint density at radius 2 is 2.22 bits per heavy atom. The van der Waals surface area contributed by atoms with E-state index in [-0.39, 0.29) is 5.91 Å². The van der Waals surface area contributed by atoms with Gasteiger partial charge in [-0.25, -0.2) is 0 Å². The molecule has 2 nitrogen and oxygen atoms in total. The number of fused-ring (bicyclic) bond motifs is 1. The molecule has 0 radical (unpaired) electrons. The molecule has 3 heteroatoms. The van der Waals surface area contributed by atoms with E-state index in [2.05, 4.69) is 29.8 Å². The Bertz CT molecular complexity index is 556. The maximum Gasteiger partial charge on any atom is 0.243 e. The van der Waals surface area contributed by atoms with Crippen molar-refractivity contribution in [1.82, 2.24) is 5.32 Å². The summed E-state index contributed by atoms with van der Waals surface area (Å²) in [5.74, 6) is -0.0151. The lowest BCUT2D eigenvalue weighted by Crippen LogP contribution is -2.21. The standard InChI is InChI=1S/C15H17NOS/c1-2-3-10-16-15(17)9-8-12-11-18-14-7-5-4-6-13(12)14/h4-9,11H,2-3,10H2,1H3,(H,16,17). The zero-order valence-corrected chi connectivity index (χ0v) is 11.3. The van der Waals surface area contributed by atoms with Gasteiger partial charge >= 0.3 is 0 Å². The minimum absolute atomic E-state index is 0.0151. The smallest absolute Gasteiger partial charge is 0.243 e. The maximum absolute atomic E-state index is 11.6. The molecule has 0 aliphatic rings. The Morgan fingerprint density at radius 3 is 3.06 bits per heavy atom. The number of carbonyl (C=O) groups excluding carboxylic acids is 1. The lowest BCUT2D eigenvalue weighted by atomic mass is 10.1. The van der Waals surface area contributed by atoms with Crippen LogP contribution in [0.25, 0.3) is 16.2 Å². The summed E-state index contributed by atoms with van der Waals surface area (Å²) in [5.41, 5.74) is 1.11. The molecule has 2 aromatic rings. The predicted molar refractivity (Wildman–Crippen MR) is 78.8 cm³/mol. The lowest BCUT2D eigenvalue weighted by molar-refractivity contribution is -0.116. The summed E-state index contributed by atoms with van der Waals surface area (Å²) in [7, 11) is 0. The Labute approximate surface area is 111 Å². The zero-order chi connectivity index (χ0) is 12.8. The van der Waals surface area contributed by atoms with Crippen LogP contribution in [0, 0.1) is 0 Å². The highest BCUT2D eigenvalue weighted by Crippen LogP contribution is 2.26. The summed E-state index contributed by atoms with van der Waals surface area (Å²) >= 11 is 1.70. The van der Waals surface area contributed by atoms with Crippen molar-refractivity contribution < 1.29 is 4.79 Å². The number of rotatable bonds is 5. The van der Waals surface area contributed by atoms with Crippen LogP contribution in [0.3, 0.4) is 0 Å². The fraction of sp³-hybridized carbons (Fsp3) is 0.267. The van der Waals surface area contributed by atoms with Gasteiger partial charge in [-0.1, -0.05) is 31.5 Å². The van der Waals surface area contributed by atoms with Crippen molar-refractivity contribution in [3.8, 4) is 0 Å². The van der Waals surface area contributed by atoms with Crippen molar-refractivity contribution in [1.29, 1.82) is 0 Å². The molecule has 94 valence electrons. The normalized spacial score (nSPS) is 11.2. The third-order valence-corrected chi connectivity index (χ3v) is 3.74. The van der Waals surface area contributed by atoms with Crippen LogP contribution in [0.15, 0.2) is 35.7 Å². The van der Waals surface area contributed by atoms with E-state index in [1.807, 2.05) is 18.2 Å². The number of hydrogen-bond acceptors (Lipinski definition) is 2. The average molecular weight is 259 g/mol. The van der Waals surface area contributed by atoms with Gasteiger partial charge in [0.2, 0.25) is 5.91 Å². The molecule has 1 amide bonds. The fourth-order valence-electron chi connectivity index (χ4n) is 1.74. The first-order valence-electron chi connectivity index (χ1n) is 6.23. The van der Waals surface area contributed by atoms with Crippen molar-refractivity contribution in [3.05, 3.63) is 41.3 Å². The summed E-state index contributed by atoms with van der Waals surface area (Å²) < 4.78 is 1.25.